The number of hydrogen-bond acceptors (Lipinski definition) is 17. The lowest BCUT2D eigenvalue weighted by molar-refractivity contribution is -0.274. The first kappa shape index (κ1) is 97.6. The Kier molecular flexibility index (Phi) is 34.0. The summed E-state index contributed by atoms with van der Waals surface area (Å²) in [5, 5.41) is 85.4. The van der Waals surface area contributed by atoms with Gasteiger partial charge in [-0.3, -0.25) is 19.9 Å². The van der Waals surface area contributed by atoms with Gasteiger partial charge in [0.05, 0.1) is 74.7 Å². The molecule has 0 unspecified atom stereocenters. The number of ether oxygens (including phenoxy) is 1. The van der Waals surface area contributed by atoms with Crippen molar-refractivity contribution in [1.82, 2.24) is 39.5 Å². The Morgan fingerprint density at radius 3 is 1.07 bits per heavy atom. The summed E-state index contributed by atoms with van der Waals surface area (Å²) < 4.78 is 159. The number of carbonyl (C=O) groups is 4. The smallest absolute Gasteiger partial charge is 0.406 e. The number of hydrogen-bond donors (Lipinski definition) is 12. The molecule has 664 valence electrons. The van der Waals surface area contributed by atoms with E-state index in [0.717, 1.165) is 60.0 Å². The Hall–Kier alpha value is -10.2. The maximum Gasteiger partial charge on any atom is 0.573 e. The second-order valence-electron chi connectivity index (χ2n) is 28.0. The average molecular weight is 1890 g/mol. The zero-order chi connectivity index (χ0) is 90.9. The van der Waals surface area contributed by atoms with E-state index >= 15 is 0 Å². The number of alkyl halides is 11. The fourth-order valence-electron chi connectivity index (χ4n) is 12.4. The summed E-state index contributed by atoms with van der Waals surface area (Å²) in [6, 6.07) is 19.7. The van der Waals surface area contributed by atoms with Crippen molar-refractivity contribution in [3.8, 4) is 5.75 Å². The van der Waals surface area contributed by atoms with Gasteiger partial charge in [0.2, 0.25) is 0 Å². The molecule has 12 rings (SSSR count). The summed E-state index contributed by atoms with van der Waals surface area (Å²) in [4.78, 5) is 72.7. The Morgan fingerprint density at radius 1 is 0.435 bits per heavy atom. The topological polar surface area (TPSA) is 352 Å². The number of carbonyl (C=O) groups excluding carboxylic acids is 4. The number of aliphatic hydroxyl groups excluding tert-OH is 8. The van der Waals surface area contributed by atoms with Crippen molar-refractivity contribution < 1.29 is 117 Å². The Labute approximate surface area is 728 Å². The largest absolute Gasteiger partial charge is 0.573 e. The van der Waals surface area contributed by atoms with Crippen molar-refractivity contribution in [2.24, 2.45) is 0 Å². The minimum Gasteiger partial charge on any atom is -0.406 e. The SMILES string of the molecule is CC(F)(F)c1ccc(NC(=O)N2CC=C(c3ncc([C@H](O)CO)cc3F)CC2)cc1.Cc1cc(NC(=O)N2CC=C(c3ncc([C@H](O)CO)cc3Cl)CC2)ccc1OC(F)(F)F.O=C(Nc1ccc(Br)c(C(F)(F)F)c1)N1CC=C(c2ncc([C@H](O)CO)cc2Cl)CC1.O=C(Nc1ccc(C(F)(F)F)c(Cl)c1)N1CC=C(c2ncc([C@H](O)CO)cc2Cl)CC1. The van der Waals surface area contributed by atoms with Crippen LogP contribution in [0.15, 0.2) is 157 Å². The van der Waals surface area contributed by atoms with Crippen LogP contribution in [0.2, 0.25) is 20.1 Å². The van der Waals surface area contributed by atoms with Gasteiger partial charge < -0.3 is 86.5 Å². The molecule has 4 atom stereocenters. The lowest BCUT2D eigenvalue weighted by Crippen LogP contribution is -2.38. The highest BCUT2D eigenvalue weighted by molar-refractivity contribution is 9.10. The number of nitrogens with one attached hydrogen (secondary N) is 4. The van der Waals surface area contributed by atoms with Crippen molar-refractivity contribution in [2.75, 3.05) is 100 Å². The van der Waals surface area contributed by atoms with Crippen LogP contribution in [0.3, 0.4) is 0 Å². The monoisotopic (exact) mass is 1890 g/mol. The molecule has 0 bridgehead atoms. The van der Waals surface area contributed by atoms with Crippen molar-refractivity contribution in [3.05, 3.63) is 250 Å². The van der Waals surface area contributed by atoms with Crippen LogP contribution in [0.25, 0.3) is 22.3 Å². The molecule has 4 aliphatic heterocycles. The maximum absolute atomic E-state index is 14.3. The number of nitrogens with zero attached hydrogens (tertiary/aromatic N) is 8. The molecule has 25 nitrogen and oxygen atoms in total. The molecule has 4 aromatic carbocycles. The molecule has 0 spiro atoms. The van der Waals surface area contributed by atoms with Gasteiger partial charge in [-0.15, -0.1) is 13.2 Å². The summed E-state index contributed by atoms with van der Waals surface area (Å²) in [6.45, 7) is 2.73. The van der Waals surface area contributed by atoms with Crippen LogP contribution in [-0.4, -0.2) is 190 Å². The second kappa shape index (κ2) is 43.1. The van der Waals surface area contributed by atoms with Gasteiger partial charge in [-0.05, 0) is 151 Å². The molecule has 4 aromatic heterocycles. The third-order valence-corrected chi connectivity index (χ3v) is 21.1. The van der Waals surface area contributed by atoms with Crippen LogP contribution in [0, 0.1) is 12.7 Å². The molecular formula is C82H79BrCl4F12N12O13. The number of aryl methyl sites for hydroxylation is 1. The quantitative estimate of drug-likeness (QED) is 0.0355. The molecule has 8 heterocycles. The second-order valence-corrected chi connectivity index (χ2v) is 30.5. The molecule has 4 aliphatic rings. The van der Waals surface area contributed by atoms with Crippen molar-refractivity contribution in [3.63, 3.8) is 0 Å². The number of aromatic nitrogens is 4. The van der Waals surface area contributed by atoms with Crippen LogP contribution >= 0.6 is 62.3 Å². The minimum absolute atomic E-state index is 0.0399. The van der Waals surface area contributed by atoms with E-state index < -0.39 is 122 Å². The van der Waals surface area contributed by atoms with Crippen LogP contribution in [0.1, 0.15) is 124 Å². The Morgan fingerprint density at radius 2 is 0.758 bits per heavy atom. The van der Waals surface area contributed by atoms with E-state index in [1.807, 2.05) is 6.08 Å². The summed E-state index contributed by atoms with van der Waals surface area (Å²) in [7, 11) is 0. The highest BCUT2D eigenvalue weighted by Gasteiger charge is 2.37. The van der Waals surface area contributed by atoms with Gasteiger partial charge in [-0.2, -0.15) is 26.3 Å². The number of aliphatic hydroxyl groups is 8. The normalized spacial score (nSPS) is 15.4. The van der Waals surface area contributed by atoms with E-state index in [2.05, 4.69) is 61.9 Å². The molecule has 42 heteroatoms. The van der Waals surface area contributed by atoms with Gasteiger partial charge in [0.1, 0.15) is 41.7 Å². The molecule has 0 aliphatic carbocycles. The van der Waals surface area contributed by atoms with E-state index in [4.69, 9.17) is 66.8 Å². The number of rotatable bonds is 18. The van der Waals surface area contributed by atoms with Crippen molar-refractivity contribution >= 4 is 132 Å². The van der Waals surface area contributed by atoms with Crippen LogP contribution in [0.4, 0.5) is 94.6 Å². The zero-order valence-corrected chi connectivity index (χ0v) is 69.8. The third kappa shape index (κ3) is 26.9. The summed E-state index contributed by atoms with van der Waals surface area (Å²) in [6.07, 6.45) is -3.91. The van der Waals surface area contributed by atoms with E-state index in [-0.39, 0.29) is 70.2 Å². The number of benzene rings is 4. The van der Waals surface area contributed by atoms with E-state index in [9.17, 15) is 92.3 Å². The first-order valence-electron chi connectivity index (χ1n) is 37.3. The molecule has 124 heavy (non-hydrogen) atoms. The fourth-order valence-corrected chi connectivity index (χ4v) is 14.1. The summed E-state index contributed by atoms with van der Waals surface area (Å²) >= 11 is 27.3. The first-order chi connectivity index (χ1) is 58.4. The van der Waals surface area contributed by atoms with Crippen LogP contribution in [-0.2, 0) is 18.3 Å². The van der Waals surface area contributed by atoms with Crippen LogP contribution < -0.4 is 26.0 Å². The minimum atomic E-state index is -4.79. The predicted molar refractivity (Wildman–Crippen MR) is 442 cm³/mol. The van der Waals surface area contributed by atoms with E-state index in [1.165, 1.54) is 112 Å². The van der Waals surface area contributed by atoms with Crippen molar-refractivity contribution in [1.29, 1.82) is 0 Å². The standard InChI is InChI=1S/C21H21ClF3N3O4.C21H22F3N3O3.C20H18BrClF3N3O3.C20H18Cl2F3N3O3/c1-12-8-15(2-3-18(12)32-21(23,24)25)27-20(31)28-6-4-13(5-7-28)19-16(22)9-14(10-26-19)17(30)11-29;1-21(23,24)15-2-4-16(5-3-15)26-20(30)27-8-6-13(7-9-27)19-17(22)10-14(11-25-19)18(29)12-28;21-15-2-1-13(8-14(15)20(23,24)25)27-19(31)28-5-3-11(4-6-28)18-16(22)7-12(9-26-18)17(30)10-29;21-15-8-13(1-2-14(15)20(23,24)25)27-19(31)28-5-3-11(4-6-28)18-16(22)7-12(9-26-18)17(30)10-29/h2-4,8-10,17,29-30H,5-7,11H2,1H3,(H,27,31);2-6,10-11,18,28-29H,7-9,12H2,1H3,(H,26,30);2*1-3,7-9,17,29-30H,4-6,10H2,(H,27,31)/t17-;18-;2*17-/m1111/s1. The molecule has 0 radical (unpaired) electrons. The molecule has 8 aromatic rings. The fraction of sp³-hybridized carbons (Fsp3) is 0.317. The molecule has 0 saturated carbocycles. The zero-order valence-electron chi connectivity index (χ0n) is 65.2. The first-order valence-corrected chi connectivity index (χ1v) is 39.6. The highest BCUT2D eigenvalue weighted by Crippen LogP contribution is 2.41. The predicted octanol–water partition coefficient (Wildman–Crippen LogP) is 17.6. The van der Waals surface area contributed by atoms with Gasteiger partial charge in [-0.1, -0.05) is 98.8 Å². The number of amides is 8. The number of urea groups is 4. The van der Waals surface area contributed by atoms with E-state index in [1.54, 1.807) is 24.3 Å². The molecule has 8 amide bonds. The number of halogens is 17. The van der Waals surface area contributed by atoms with Gasteiger partial charge in [0.25, 0.3) is 5.92 Å². The van der Waals surface area contributed by atoms with Crippen LogP contribution in [0.5, 0.6) is 5.75 Å². The highest BCUT2D eigenvalue weighted by atomic mass is 79.9. The summed E-state index contributed by atoms with van der Waals surface area (Å²) in [5.74, 6) is -3.89. The number of pyridine rings is 4. The van der Waals surface area contributed by atoms with E-state index in [0.29, 0.717) is 118 Å². The Balaban J connectivity index is 0.000000187. The third-order valence-electron chi connectivity index (χ3n) is 19.2. The molecule has 0 saturated heterocycles. The van der Waals surface area contributed by atoms with Gasteiger partial charge in [0, 0.05) is 139 Å². The number of anilines is 4. The average Bonchev–Trinajstić information content (AvgIpc) is 0.828. The van der Waals surface area contributed by atoms with Crippen molar-refractivity contribution in [2.45, 2.75) is 88.6 Å². The molecule has 0 fully saturated rings. The maximum atomic E-state index is 14.3. The van der Waals surface area contributed by atoms with Gasteiger partial charge in [0.15, 0.2) is 0 Å². The summed E-state index contributed by atoms with van der Waals surface area (Å²) in [5.41, 5.74) is 5.36. The lowest BCUT2D eigenvalue weighted by atomic mass is 10.0. The molecular weight excluding hydrogens is 1810 g/mol. The Bertz CT molecular complexity index is 5290. The van der Waals surface area contributed by atoms with Gasteiger partial charge in [-0.25, -0.2) is 32.3 Å². The lowest BCUT2D eigenvalue weighted by Gasteiger charge is -2.27. The molecule has 12 N–H and O–H groups in total. The van der Waals surface area contributed by atoms with Gasteiger partial charge >= 0.3 is 42.8 Å².